The van der Waals surface area contributed by atoms with E-state index in [0.717, 1.165) is 6.42 Å². The van der Waals surface area contributed by atoms with Gasteiger partial charge in [-0.25, -0.2) is 12.2 Å². The van der Waals surface area contributed by atoms with E-state index in [9.17, 15) is 0 Å². The van der Waals surface area contributed by atoms with Crippen molar-refractivity contribution in [2.75, 3.05) is 0 Å². The molecule has 1 aliphatic rings. The Morgan fingerprint density at radius 1 is 1.15 bits per heavy atom. The summed E-state index contributed by atoms with van der Waals surface area (Å²) in [7, 11) is 0. The first-order chi connectivity index (χ1) is 3.91. The van der Waals surface area contributed by atoms with Crippen molar-refractivity contribution in [2.45, 2.75) is 6.42 Å². The molecule has 0 saturated carbocycles. The van der Waals surface area contributed by atoms with Gasteiger partial charge in [0.15, 0.2) is 0 Å². The van der Waals surface area contributed by atoms with Gasteiger partial charge >= 0.3 is 25.2 Å². The van der Waals surface area contributed by atoms with E-state index in [2.05, 4.69) is 27.7 Å². The largest absolute Gasteiger partial charge is 0.358 e. The topological polar surface area (TPSA) is 17.1 Å². The molecule has 0 atom stereocenters. The minimum Gasteiger partial charge on any atom is -0.358 e. The first-order valence-corrected chi connectivity index (χ1v) is 2.70. The van der Waals surface area contributed by atoms with Crippen molar-refractivity contribution in [3.8, 4) is 0 Å². The predicted octanol–water partition coefficient (Wildman–Crippen LogP) is 3.16. The normalized spacial score (nSPS) is 7.38. The van der Waals surface area contributed by atoms with Crippen LogP contribution >= 0.6 is 0 Å². The fraction of sp³-hybridized carbons (Fsp3) is 0.0909. The zero-order chi connectivity index (χ0) is 6.24. The summed E-state index contributed by atoms with van der Waals surface area (Å²) >= 11 is 2.34. The molecule has 0 aromatic rings. The zero-order valence-electron chi connectivity index (χ0n) is 9.23. The Balaban J connectivity index is -0.0000000144. The maximum atomic E-state index is 8.60. The van der Waals surface area contributed by atoms with E-state index in [4.69, 9.17) is 4.79 Å². The van der Waals surface area contributed by atoms with Crippen LogP contribution < -0.4 is 0 Å². The van der Waals surface area contributed by atoms with Crippen molar-refractivity contribution in [1.29, 1.82) is 0 Å². The molecule has 1 rings (SSSR count). The smallest absolute Gasteiger partial charge is 0.109 e. The summed E-state index contributed by atoms with van der Waals surface area (Å²) in [4.78, 5) is 9.91. The second kappa shape index (κ2) is 41.6. The summed E-state index contributed by atoms with van der Waals surface area (Å²) in [6, 6.07) is 0. The molecule has 0 heterocycles. The summed E-state index contributed by atoms with van der Waals surface area (Å²) in [6.45, 7) is 0. The van der Waals surface area contributed by atoms with E-state index in [1.165, 1.54) is 4.79 Å². The molecule has 13 heavy (non-hydrogen) atoms. The molecule has 0 fully saturated rings. The molecular weight excluding hydrogens is 203 g/mol. The number of hydrogen-bond donors (Lipinski definition) is 0. The summed E-state index contributed by atoms with van der Waals surface area (Å²) in [5.74, 6) is 0. The second-order valence-electron chi connectivity index (χ2n) is 1.08. The molecule has 0 amide bonds. The Bertz CT molecular complexity index is 121. The van der Waals surface area contributed by atoms with Crippen LogP contribution in [0.5, 0.6) is 0 Å². The average molecular weight is 223 g/mol. The van der Waals surface area contributed by atoms with Crippen LogP contribution in [-0.2, 0) is 20.4 Å². The van der Waals surface area contributed by atoms with Crippen LogP contribution in [0.15, 0.2) is 18.2 Å². The maximum Gasteiger partial charge on any atom is -0.109 e. The van der Waals surface area contributed by atoms with Gasteiger partial charge in [0, 0.05) is 0 Å². The molecule has 2 heteroatoms. The number of hydrogen-bond acceptors (Lipinski definition) is 1. The molecule has 0 bridgehead atoms. The van der Waals surface area contributed by atoms with E-state index in [0.29, 0.717) is 0 Å². The Labute approximate surface area is 93.3 Å². The van der Waals surface area contributed by atoms with Gasteiger partial charge in [-0.15, -0.1) is 6.42 Å². The summed E-state index contributed by atoms with van der Waals surface area (Å²) < 4.78 is 0. The van der Waals surface area contributed by atoms with Crippen LogP contribution in [0.3, 0.4) is 0 Å². The fourth-order valence-electron chi connectivity index (χ4n) is 0.340. The van der Waals surface area contributed by atoms with Gasteiger partial charge in [0.2, 0.25) is 0 Å². The molecule has 0 N–H and O–H groups in total. The molecule has 0 aromatic carbocycles. The summed E-state index contributed by atoms with van der Waals surface area (Å²) in [6.07, 6.45) is 10.0. The van der Waals surface area contributed by atoms with Crippen LogP contribution in [-0.4, -0.2) is 4.79 Å². The molecule has 0 spiro atoms. The Morgan fingerprint density at radius 3 is 1.62 bits per heavy atom. The van der Waals surface area contributed by atoms with Crippen LogP contribution in [0.25, 0.3) is 0 Å². The van der Waals surface area contributed by atoms with E-state index >= 15 is 0 Å². The van der Waals surface area contributed by atoms with Gasteiger partial charge in [-0.2, -0.15) is 6.08 Å². The van der Waals surface area contributed by atoms with Gasteiger partial charge in [-0.05, 0) is 0 Å². The van der Waals surface area contributed by atoms with Gasteiger partial charge < -0.3 is 37.1 Å². The van der Waals surface area contributed by atoms with Gasteiger partial charge in [0.1, 0.15) is 0 Å². The Morgan fingerprint density at radius 2 is 1.54 bits per heavy atom. The Kier molecular flexibility index (Phi) is 125. The second-order valence-corrected chi connectivity index (χ2v) is 1.32. The van der Waals surface area contributed by atoms with Crippen LogP contribution in [0.1, 0.15) is 6.42 Å². The van der Waals surface area contributed by atoms with Gasteiger partial charge in [0.05, 0.1) is 0 Å². The van der Waals surface area contributed by atoms with E-state index in [-0.39, 0.29) is 37.1 Å². The zero-order valence-corrected chi connectivity index (χ0v) is 10.4. The molecule has 0 aromatic heterocycles. The van der Waals surface area contributed by atoms with E-state index in [1.54, 1.807) is 0 Å². The van der Waals surface area contributed by atoms with Crippen molar-refractivity contribution < 1.29 is 20.4 Å². The predicted molar refractivity (Wildman–Crippen MR) is 59.3 cm³/mol. The molecule has 0 radical (unpaired) electrons. The van der Waals surface area contributed by atoms with Crippen molar-refractivity contribution >= 4 is 4.79 Å². The SMILES string of the molecule is O=[C]=[Mn].[C-]1=CC=CC1.[CH3-].[CH3-].[CH3-].[CH3-].[CH3-]. The van der Waals surface area contributed by atoms with Crippen LogP contribution in [0.2, 0.25) is 0 Å². The van der Waals surface area contributed by atoms with Crippen LogP contribution in [0, 0.1) is 43.2 Å². The van der Waals surface area contributed by atoms with E-state index in [1.807, 2.05) is 12.2 Å². The minimum atomic E-state index is 0. The molecule has 1 aliphatic carbocycles. The first-order valence-electron chi connectivity index (χ1n) is 2.11. The summed E-state index contributed by atoms with van der Waals surface area (Å²) in [5.41, 5.74) is 0. The van der Waals surface area contributed by atoms with E-state index < -0.39 is 0 Å². The molecule has 0 saturated heterocycles. The third-order valence-corrected chi connectivity index (χ3v) is 0.586. The van der Waals surface area contributed by atoms with Crippen molar-refractivity contribution in [2.24, 2.45) is 0 Å². The summed E-state index contributed by atoms with van der Waals surface area (Å²) in [5, 5.41) is 0. The maximum absolute atomic E-state index is 8.60. The molecular formula is C11H20MnO-6. The van der Waals surface area contributed by atoms with Gasteiger partial charge in [0.25, 0.3) is 0 Å². The third kappa shape index (κ3) is 50.7. The van der Waals surface area contributed by atoms with Gasteiger partial charge in [-0.1, -0.05) is 0 Å². The monoisotopic (exact) mass is 223 g/mol. The number of carbonyl (C=O) groups excluding carboxylic acids is 1. The Hall–Kier alpha value is -0.421. The third-order valence-electron chi connectivity index (χ3n) is 0.586. The molecule has 83 valence electrons. The van der Waals surface area contributed by atoms with Crippen molar-refractivity contribution in [3.05, 3.63) is 61.4 Å². The number of allylic oxidation sites excluding steroid dienone is 4. The average Bonchev–Trinajstić information content (AvgIpc) is 2.17. The molecule has 0 aliphatic heterocycles. The molecule has 0 unspecified atom stereocenters. The first kappa shape index (κ1) is 39.0. The minimum absolute atomic E-state index is 0. The molecule has 1 nitrogen and oxygen atoms in total. The van der Waals surface area contributed by atoms with Crippen molar-refractivity contribution in [1.82, 2.24) is 0 Å². The standard InChI is InChI=1S/C5H5.CO.5CH3.Mn/c1-2-4-5-3-1;1-2;;;;;;/h1-3H,4H2;;5*1H3;/q-1;;5*-1;. The quantitative estimate of drug-likeness (QED) is 0.455. The van der Waals surface area contributed by atoms with Gasteiger partial charge in [-0.3, -0.25) is 6.08 Å². The van der Waals surface area contributed by atoms with Crippen LogP contribution in [0.4, 0.5) is 0 Å². The number of rotatable bonds is 0. The fourth-order valence-corrected chi connectivity index (χ4v) is 0.340. The van der Waals surface area contributed by atoms with Crippen molar-refractivity contribution in [3.63, 3.8) is 0 Å².